The molecule has 0 radical (unpaired) electrons. The third kappa shape index (κ3) is 5.67. The number of hydrogen-bond donors (Lipinski definition) is 1. The summed E-state index contributed by atoms with van der Waals surface area (Å²) in [7, 11) is 1.32. The van der Waals surface area contributed by atoms with Crippen molar-refractivity contribution in [1.82, 2.24) is 9.88 Å². The molecule has 2 rings (SSSR count). The lowest BCUT2D eigenvalue weighted by molar-refractivity contribution is -0.134. The van der Waals surface area contributed by atoms with E-state index in [1.807, 2.05) is 18.2 Å². The van der Waals surface area contributed by atoms with Crippen molar-refractivity contribution in [3.05, 3.63) is 58.6 Å². The van der Waals surface area contributed by atoms with Gasteiger partial charge in [-0.25, -0.2) is 9.78 Å². The quantitative estimate of drug-likeness (QED) is 0.485. The van der Waals surface area contributed by atoms with Gasteiger partial charge in [0.1, 0.15) is 10.8 Å². The van der Waals surface area contributed by atoms with E-state index in [1.54, 1.807) is 29.3 Å². The van der Waals surface area contributed by atoms with Crippen LogP contribution in [-0.2, 0) is 16.0 Å². The Morgan fingerprint density at radius 1 is 1.34 bits per heavy atom. The lowest BCUT2D eigenvalue weighted by atomic mass is 9.80. The predicted molar refractivity (Wildman–Crippen MR) is 114 cm³/mol. The average Bonchev–Trinajstić information content (AvgIpc) is 3.14. The van der Waals surface area contributed by atoms with E-state index in [0.29, 0.717) is 24.4 Å². The van der Waals surface area contributed by atoms with Gasteiger partial charge in [-0.2, -0.15) is 0 Å². The van der Waals surface area contributed by atoms with Gasteiger partial charge in [0, 0.05) is 18.8 Å². The molecule has 7 heteroatoms. The molecule has 0 aliphatic carbocycles. The lowest BCUT2D eigenvalue weighted by Crippen LogP contribution is -2.42. The molecule has 2 aromatic rings. The second-order valence-electron chi connectivity index (χ2n) is 7.58. The first kappa shape index (κ1) is 22.6. The number of phenolic OH excluding ortho intramolecular Hbond substituents is 1. The van der Waals surface area contributed by atoms with E-state index in [2.05, 4.69) is 25.4 Å². The summed E-state index contributed by atoms with van der Waals surface area (Å²) in [5.41, 5.74) is 0.922. The maximum Gasteiger partial charge on any atom is 0.357 e. The topological polar surface area (TPSA) is 79.7 Å². The van der Waals surface area contributed by atoms with E-state index in [-0.39, 0.29) is 28.8 Å². The summed E-state index contributed by atoms with van der Waals surface area (Å²) in [5, 5.41) is 11.8. The number of thiazole rings is 1. The van der Waals surface area contributed by atoms with E-state index in [0.717, 1.165) is 5.56 Å². The van der Waals surface area contributed by atoms with Crippen LogP contribution >= 0.6 is 11.3 Å². The number of phenols is 1. The maximum absolute atomic E-state index is 12.6. The summed E-state index contributed by atoms with van der Waals surface area (Å²) in [6.45, 7) is 10.0. The SMILES string of the molecule is C=CCC(C)(C)C(c1nc(C(=O)OC)cs1)N(CCc1ccc(O)cc1)C(C)=O. The van der Waals surface area contributed by atoms with Gasteiger partial charge < -0.3 is 14.7 Å². The predicted octanol–water partition coefficient (Wildman–Crippen LogP) is 4.37. The number of carbonyl (C=O) groups excluding carboxylic acids is 2. The number of benzene rings is 1. The van der Waals surface area contributed by atoms with E-state index in [4.69, 9.17) is 4.74 Å². The normalized spacial score (nSPS) is 12.3. The van der Waals surface area contributed by atoms with Crippen molar-refractivity contribution in [1.29, 1.82) is 0 Å². The van der Waals surface area contributed by atoms with E-state index >= 15 is 0 Å². The molecule has 29 heavy (non-hydrogen) atoms. The van der Waals surface area contributed by atoms with Crippen LogP contribution in [0.15, 0.2) is 42.3 Å². The van der Waals surface area contributed by atoms with Crippen molar-refractivity contribution < 1.29 is 19.4 Å². The van der Waals surface area contributed by atoms with Gasteiger partial charge in [-0.05, 0) is 36.0 Å². The number of amides is 1. The summed E-state index contributed by atoms with van der Waals surface area (Å²) >= 11 is 1.35. The van der Waals surface area contributed by atoms with Crippen molar-refractivity contribution in [2.75, 3.05) is 13.7 Å². The van der Waals surface area contributed by atoms with Crippen LogP contribution in [0.1, 0.15) is 54.3 Å². The highest BCUT2D eigenvalue weighted by atomic mass is 32.1. The number of nitrogens with zero attached hydrogens (tertiary/aromatic N) is 2. The third-order valence-corrected chi connectivity index (χ3v) is 5.75. The van der Waals surface area contributed by atoms with Gasteiger partial charge in [-0.3, -0.25) is 4.79 Å². The Morgan fingerprint density at radius 2 is 2.00 bits per heavy atom. The monoisotopic (exact) mass is 416 g/mol. The van der Waals surface area contributed by atoms with E-state index < -0.39 is 5.97 Å². The summed E-state index contributed by atoms with van der Waals surface area (Å²) < 4.78 is 4.77. The molecule has 0 fully saturated rings. The number of esters is 1. The molecule has 1 heterocycles. The van der Waals surface area contributed by atoms with Crippen molar-refractivity contribution >= 4 is 23.2 Å². The number of carbonyl (C=O) groups is 2. The molecule has 0 aliphatic heterocycles. The number of allylic oxidation sites excluding steroid dienone is 1. The number of aromatic hydroxyl groups is 1. The zero-order chi connectivity index (χ0) is 21.6. The van der Waals surface area contributed by atoms with Crippen LogP contribution in [0, 0.1) is 5.41 Å². The highest BCUT2D eigenvalue weighted by molar-refractivity contribution is 7.09. The molecule has 1 aromatic heterocycles. The Hall–Kier alpha value is -2.67. The zero-order valence-electron chi connectivity index (χ0n) is 17.3. The molecule has 1 amide bonds. The number of methoxy groups -OCH3 is 1. The van der Waals surface area contributed by atoms with Crippen LogP contribution < -0.4 is 0 Å². The first-order chi connectivity index (χ1) is 13.7. The first-order valence-corrected chi connectivity index (χ1v) is 10.3. The number of hydrogen-bond acceptors (Lipinski definition) is 6. The molecule has 6 nitrogen and oxygen atoms in total. The highest BCUT2D eigenvalue weighted by Crippen LogP contribution is 2.42. The van der Waals surface area contributed by atoms with Crippen molar-refractivity contribution in [3.63, 3.8) is 0 Å². The van der Waals surface area contributed by atoms with Crippen molar-refractivity contribution in [2.45, 2.75) is 39.7 Å². The minimum atomic E-state index is -0.494. The lowest BCUT2D eigenvalue weighted by Gasteiger charge is -2.40. The van der Waals surface area contributed by atoms with Crippen LogP contribution in [0.2, 0.25) is 0 Å². The molecule has 0 spiro atoms. The van der Waals surface area contributed by atoms with Gasteiger partial charge >= 0.3 is 5.97 Å². The Kier molecular flexibility index (Phi) is 7.56. The second kappa shape index (κ2) is 9.69. The fraction of sp³-hybridized carbons (Fsp3) is 0.409. The van der Waals surface area contributed by atoms with Crippen molar-refractivity contribution in [2.24, 2.45) is 5.41 Å². The summed E-state index contributed by atoms with van der Waals surface area (Å²) in [5.74, 6) is -0.354. The van der Waals surface area contributed by atoms with Crippen LogP contribution in [0.4, 0.5) is 0 Å². The van der Waals surface area contributed by atoms with Gasteiger partial charge in [-0.1, -0.05) is 32.1 Å². The van der Waals surface area contributed by atoms with Crippen LogP contribution in [0.5, 0.6) is 5.75 Å². The Bertz CT molecular complexity index is 858. The molecular weight excluding hydrogens is 388 g/mol. The van der Waals surface area contributed by atoms with E-state index in [1.165, 1.54) is 18.4 Å². The van der Waals surface area contributed by atoms with Crippen LogP contribution in [-0.4, -0.2) is 40.5 Å². The van der Waals surface area contributed by atoms with Gasteiger partial charge in [0.15, 0.2) is 5.69 Å². The van der Waals surface area contributed by atoms with Gasteiger partial charge in [0.25, 0.3) is 0 Å². The fourth-order valence-corrected chi connectivity index (χ4v) is 4.47. The van der Waals surface area contributed by atoms with Gasteiger partial charge in [0.2, 0.25) is 5.91 Å². The second-order valence-corrected chi connectivity index (χ2v) is 8.47. The van der Waals surface area contributed by atoms with Crippen molar-refractivity contribution in [3.8, 4) is 5.75 Å². The molecule has 0 saturated heterocycles. The smallest absolute Gasteiger partial charge is 0.357 e. The summed E-state index contributed by atoms with van der Waals surface area (Å²) in [4.78, 5) is 30.8. The van der Waals surface area contributed by atoms with Crippen LogP contribution in [0.3, 0.4) is 0 Å². The number of aromatic nitrogens is 1. The van der Waals surface area contributed by atoms with E-state index in [9.17, 15) is 14.7 Å². The Labute approximate surface area is 175 Å². The molecule has 0 bridgehead atoms. The third-order valence-electron chi connectivity index (χ3n) is 4.85. The molecule has 1 N–H and O–H groups in total. The molecule has 0 aliphatic rings. The van der Waals surface area contributed by atoms with Gasteiger partial charge in [0.05, 0.1) is 13.2 Å². The minimum Gasteiger partial charge on any atom is -0.508 e. The van der Waals surface area contributed by atoms with Crippen LogP contribution in [0.25, 0.3) is 0 Å². The molecule has 0 saturated carbocycles. The number of rotatable bonds is 9. The van der Waals surface area contributed by atoms with Gasteiger partial charge in [-0.15, -0.1) is 17.9 Å². The number of ether oxygens (including phenoxy) is 1. The summed E-state index contributed by atoms with van der Waals surface area (Å²) in [6, 6.07) is 6.64. The molecule has 1 atom stereocenters. The molecule has 1 aromatic carbocycles. The summed E-state index contributed by atoms with van der Waals surface area (Å²) in [6.07, 6.45) is 3.14. The Balaban J connectivity index is 2.38. The molecular formula is C22H28N2O4S. The average molecular weight is 417 g/mol. The highest BCUT2D eigenvalue weighted by Gasteiger charge is 2.38. The fourth-order valence-electron chi connectivity index (χ4n) is 3.37. The standard InChI is InChI=1S/C22H28N2O4S/c1-6-12-22(3,4)19(20-23-18(14-29-20)21(27)28-5)24(15(2)25)13-11-16-7-9-17(26)10-8-16/h6-10,14,19,26H,1,11-13H2,2-5H3. The maximum atomic E-state index is 12.6. The largest absolute Gasteiger partial charge is 0.508 e. The first-order valence-electron chi connectivity index (χ1n) is 9.39. The molecule has 156 valence electrons. The zero-order valence-corrected chi connectivity index (χ0v) is 18.2. The minimum absolute atomic E-state index is 0.0688. The Morgan fingerprint density at radius 3 is 2.55 bits per heavy atom. The molecule has 1 unspecified atom stereocenters.